The molecule has 90 valence electrons. The van der Waals surface area contributed by atoms with Crippen LogP contribution in [0.25, 0.3) is 11.4 Å². The van der Waals surface area contributed by atoms with E-state index in [-0.39, 0.29) is 0 Å². The minimum Gasteiger partial charge on any atom is -0.382 e. The Bertz CT molecular complexity index is 462. The Labute approximate surface area is 101 Å². The second kappa shape index (κ2) is 4.99. The lowest BCUT2D eigenvalue weighted by atomic mass is 10.1. The van der Waals surface area contributed by atoms with Gasteiger partial charge in [0.1, 0.15) is 6.33 Å². The van der Waals surface area contributed by atoms with Gasteiger partial charge < -0.3 is 5.32 Å². The number of rotatable bonds is 4. The van der Waals surface area contributed by atoms with Crippen molar-refractivity contribution in [1.29, 1.82) is 0 Å². The predicted molar refractivity (Wildman–Crippen MR) is 69.7 cm³/mol. The highest BCUT2D eigenvalue weighted by Crippen LogP contribution is 2.20. The molecule has 2 aromatic rings. The van der Waals surface area contributed by atoms with Gasteiger partial charge in [0, 0.05) is 17.3 Å². The predicted octanol–water partition coefficient (Wildman–Crippen LogP) is 2.93. The second-order valence-electron chi connectivity index (χ2n) is 4.59. The van der Waals surface area contributed by atoms with E-state index in [9.17, 15) is 0 Å². The zero-order valence-corrected chi connectivity index (χ0v) is 10.4. The van der Waals surface area contributed by atoms with Gasteiger partial charge in [0.15, 0.2) is 5.82 Å². The van der Waals surface area contributed by atoms with Crippen LogP contribution in [0.1, 0.15) is 20.8 Å². The average Bonchev–Trinajstić information content (AvgIpc) is 2.82. The van der Waals surface area contributed by atoms with Crippen LogP contribution >= 0.6 is 0 Å². The van der Waals surface area contributed by atoms with Gasteiger partial charge in [0.05, 0.1) is 0 Å². The van der Waals surface area contributed by atoms with E-state index in [4.69, 9.17) is 0 Å². The monoisotopic (exact) mass is 230 g/mol. The first kappa shape index (κ1) is 11.6. The first-order valence-corrected chi connectivity index (χ1v) is 5.89. The van der Waals surface area contributed by atoms with E-state index in [2.05, 4.69) is 53.4 Å². The maximum atomic E-state index is 4.15. The van der Waals surface area contributed by atoms with Crippen LogP contribution in [-0.4, -0.2) is 21.2 Å². The van der Waals surface area contributed by atoms with Gasteiger partial charge in [-0.25, -0.2) is 4.98 Å². The number of nitrogens with one attached hydrogen (secondary N) is 2. The fraction of sp³-hybridized carbons (Fsp3) is 0.385. The Kier molecular flexibility index (Phi) is 3.42. The van der Waals surface area contributed by atoms with Crippen molar-refractivity contribution in [2.75, 3.05) is 5.32 Å². The van der Waals surface area contributed by atoms with Crippen LogP contribution in [0.3, 0.4) is 0 Å². The number of benzene rings is 1. The zero-order valence-electron chi connectivity index (χ0n) is 10.4. The number of anilines is 1. The number of nitrogens with zero attached hydrogens (tertiary/aromatic N) is 2. The first-order chi connectivity index (χ1) is 8.16. The third-order valence-corrected chi connectivity index (χ3v) is 2.95. The van der Waals surface area contributed by atoms with Gasteiger partial charge in [-0.2, -0.15) is 5.10 Å². The lowest BCUT2D eigenvalue weighted by Crippen LogP contribution is -2.21. The van der Waals surface area contributed by atoms with Crippen LogP contribution in [-0.2, 0) is 0 Å². The molecule has 0 radical (unpaired) electrons. The summed E-state index contributed by atoms with van der Waals surface area (Å²) >= 11 is 0. The van der Waals surface area contributed by atoms with Crippen LogP contribution in [0.2, 0.25) is 0 Å². The molecule has 1 heterocycles. The molecule has 0 aliphatic heterocycles. The van der Waals surface area contributed by atoms with Gasteiger partial charge in [0.2, 0.25) is 0 Å². The molecule has 2 rings (SSSR count). The molecule has 1 atom stereocenters. The molecular weight excluding hydrogens is 212 g/mol. The molecule has 0 saturated carbocycles. The van der Waals surface area contributed by atoms with Gasteiger partial charge in [-0.1, -0.05) is 26.0 Å². The van der Waals surface area contributed by atoms with E-state index in [1.165, 1.54) is 6.33 Å². The third-order valence-electron chi connectivity index (χ3n) is 2.95. The van der Waals surface area contributed by atoms with E-state index in [0.29, 0.717) is 12.0 Å². The van der Waals surface area contributed by atoms with E-state index < -0.39 is 0 Å². The highest BCUT2D eigenvalue weighted by Gasteiger charge is 2.07. The van der Waals surface area contributed by atoms with Crippen molar-refractivity contribution in [3.8, 4) is 11.4 Å². The molecule has 0 spiro atoms. The summed E-state index contributed by atoms with van der Waals surface area (Å²) in [6, 6.07) is 8.64. The third kappa shape index (κ3) is 2.84. The van der Waals surface area contributed by atoms with Crippen molar-refractivity contribution < 1.29 is 0 Å². The van der Waals surface area contributed by atoms with Crippen LogP contribution in [0.5, 0.6) is 0 Å². The summed E-state index contributed by atoms with van der Waals surface area (Å²) < 4.78 is 0. The minimum absolute atomic E-state index is 0.444. The number of hydrogen-bond donors (Lipinski definition) is 2. The summed E-state index contributed by atoms with van der Waals surface area (Å²) in [5.41, 5.74) is 2.16. The van der Waals surface area contributed by atoms with E-state index in [1.807, 2.05) is 12.1 Å². The second-order valence-corrected chi connectivity index (χ2v) is 4.59. The smallest absolute Gasteiger partial charge is 0.155 e. The van der Waals surface area contributed by atoms with E-state index in [0.717, 1.165) is 17.1 Å². The molecule has 4 nitrogen and oxygen atoms in total. The van der Waals surface area contributed by atoms with Crippen molar-refractivity contribution in [2.45, 2.75) is 26.8 Å². The largest absolute Gasteiger partial charge is 0.382 e. The molecule has 17 heavy (non-hydrogen) atoms. The van der Waals surface area contributed by atoms with Gasteiger partial charge >= 0.3 is 0 Å². The SMILES string of the molecule is CC(C)[C@H](C)Nc1cccc(-c2ncn[nH]2)c1. The van der Waals surface area contributed by atoms with E-state index in [1.54, 1.807) is 0 Å². The van der Waals surface area contributed by atoms with Crippen molar-refractivity contribution in [2.24, 2.45) is 5.92 Å². The number of hydrogen-bond acceptors (Lipinski definition) is 3. The van der Waals surface area contributed by atoms with Gasteiger partial charge in [-0.3, -0.25) is 5.10 Å². The Morgan fingerprint density at radius 3 is 2.71 bits per heavy atom. The molecule has 1 aromatic heterocycles. The van der Waals surface area contributed by atoms with Gasteiger partial charge in [-0.15, -0.1) is 0 Å². The lowest BCUT2D eigenvalue weighted by molar-refractivity contribution is 0.560. The van der Waals surface area contributed by atoms with Crippen LogP contribution < -0.4 is 5.32 Å². The quantitative estimate of drug-likeness (QED) is 0.849. The summed E-state index contributed by atoms with van der Waals surface area (Å²) in [5.74, 6) is 1.40. The van der Waals surface area contributed by atoms with Gasteiger partial charge in [-0.05, 0) is 25.0 Å². The molecule has 0 aliphatic carbocycles. The van der Waals surface area contributed by atoms with E-state index >= 15 is 0 Å². The van der Waals surface area contributed by atoms with Crippen molar-refractivity contribution in [1.82, 2.24) is 15.2 Å². The Morgan fingerprint density at radius 2 is 2.06 bits per heavy atom. The Balaban J connectivity index is 2.18. The molecule has 0 bridgehead atoms. The molecule has 0 fully saturated rings. The number of H-pyrrole nitrogens is 1. The Hall–Kier alpha value is -1.84. The molecular formula is C13H18N4. The molecule has 4 heteroatoms. The summed E-state index contributed by atoms with van der Waals surface area (Å²) in [6.45, 7) is 6.60. The maximum Gasteiger partial charge on any atom is 0.155 e. The van der Waals surface area contributed by atoms with Crippen molar-refractivity contribution >= 4 is 5.69 Å². The molecule has 0 saturated heterocycles. The van der Waals surface area contributed by atoms with Crippen LogP contribution in [0, 0.1) is 5.92 Å². The summed E-state index contributed by atoms with van der Waals surface area (Å²) in [4.78, 5) is 4.15. The molecule has 1 aromatic carbocycles. The average molecular weight is 230 g/mol. The zero-order chi connectivity index (χ0) is 12.3. The summed E-state index contributed by atoms with van der Waals surface area (Å²) in [7, 11) is 0. The fourth-order valence-corrected chi connectivity index (χ4v) is 1.53. The summed E-state index contributed by atoms with van der Waals surface area (Å²) in [6.07, 6.45) is 1.52. The molecule has 0 unspecified atom stereocenters. The fourth-order valence-electron chi connectivity index (χ4n) is 1.53. The first-order valence-electron chi connectivity index (χ1n) is 5.89. The molecule has 2 N–H and O–H groups in total. The standard InChI is InChI=1S/C13H18N4/c1-9(2)10(3)16-12-6-4-5-11(7-12)13-14-8-15-17-13/h4-10,16H,1-3H3,(H,14,15,17)/t10-/m0/s1. The van der Waals surface area contributed by atoms with Crippen molar-refractivity contribution in [3.63, 3.8) is 0 Å². The normalized spacial score (nSPS) is 12.7. The summed E-state index contributed by atoms with van der Waals surface area (Å²) in [5, 5.41) is 10.2. The highest BCUT2D eigenvalue weighted by atomic mass is 15.2. The van der Waals surface area contributed by atoms with Gasteiger partial charge in [0.25, 0.3) is 0 Å². The van der Waals surface area contributed by atoms with Crippen LogP contribution in [0.4, 0.5) is 5.69 Å². The molecule has 0 aliphatic rings. The Morgan fingerprint density at radius 1 is 1.24 bits per heavy atom. The highest BCUT2D eigenvalue weighted by molar-refractivity contribution is 5.62. The van der Waals surface area contributed by atoms with Crippen LogP contribution in [0.15, 0.2) is 30.6 Å². The topological polar surface area (TPSA) is 53.6 Å². The maximum absolute atomic E-state index is 4.15. The number of aromatic nitrogens is 3. The number of aromatic amines is 1. The molecule has 0 amide bonds. The van der Waals surface area contributed by atoms with Crippen molar-refractivity contribution in [3.05, 3.63) is 30.6 Å². The minimum atomic E-state index is 0.444. The lowest BCUT2D eigenvalue weighted by Gasteiger charge is -2.19.